The lowest BCUT2D eigenvalue weighted by molar-refractivity contribution is -0.139. The minimum absolute atomic E-state index is 0.134. The van der Waals surface area contributed by atoms with E-state index >= 15 is 0 Å². The molecule has 0 spiro atoms. The number of hydrogen-bond acceptors (Lipinski definition) is 5. The lowest BCUT2D eigenvalue weighted by atomic mass is 9.95. The number of ether oxygens (including phenoxy) is 1. The van der Waals surface area contributed by atoms with Crippen LogP contribution in [0.3, 0.4) is 0 Å². The molecule has 1 aliphatic heterocycles. The van der Waals surface area contributed by atoms with Crippen molar-refractivity contribution in [3.8, 4) is 5.75 Å². The fourth-order valence-corrected chi connectivity index (χ4v) is 4.09. The summed E-state index contributed by atoms with van der Waals surface area (Å²) in [4.78, 5) is 29.7. The van der Waals surface area contributed by atoms with E-state index in [0.29, 0.717) is 18.7 Å². The molecule has 176 valence electrons. The second-order valence-electron chi connectivity index (χ2n) is 8.74. The second kappa shape index (κ2) is 11.1. The maximum Gasteiger partial charge on any atom is 0.295 e. The number of Topliss-reactive ketones (excluding diaryl/α,β-unsaturated/α-hetero) is 1. The molecule has 1 N–H and O–H groups in total. The molecule has 1 saturated heterocycles. The number of aliphatic hydroxyl groups excluding tert-OH is 1. The van der Waals surface area contributed by atoms with Crippen LogP contribution in [0.25, 0.3) is 5.76 Å². The van der Waals surface area contributed by atoms with Gasteiger partial charge in [0.2, 0.25) is 0 Å². The Kier molecular flexibility index (Phi) is 8.28. The van der Waals surface area contributed by atoms with Crippen molar-refractivity contribution in [2.75, 3.05) is 33.8 Å². The van der Waals surface area contributed by atoms with Crippen LogP contribution in [0.15, 0.2) is 54.1 Å². The van der Waals surface area contributed by atoms with Crippen LogP contribution >= 0.6 is 0 Å². The highest BCUT2D eigenvalue weighted by Gasteiger charge is 2.45. The zero-order valence-corrected chi connectivity index (χ0v) is 20.0. The average molecular weight is 451 g/mol. The van der Waals surface area contributed by atoms with Gasteiger partial charge >= 0.3 is 0 Å². The number of benzene rings is 2. The molecule has 1 fully saturated rings. The lowest BCUT2D eigenvalue weighted by Crippen LogP contribution is -2.32. The number of hydrogen-bond donors (Lipinski definition) is 1. The van der Waals surface area contributed by atoms with Crippen LogP contribution in [0.2, 0.25) is 0 Å². The standard InChI is InChI=1S/C27H34N2O4/c1-5-6-17-33-22-14-13-21(18-19(22)2)25(30)23-24(20-11-8-7-9-12-20)29(27(32)26(23)31)16-10-15-28(3)4/h7-9,11-14,18,24,30H,5-6,10,15-17H2,1-4H3/b25-23+. The summed E-state index contributed by atoms with van der Waals surface area (Å²) in [6, 6.07) is 14.2. The first-order valence-corrected chi connectivity index (χ1v) is 11.6. The van der Waals surface area contributed by atoms with Crippen molar-refractivity contribution in [3.05, 3.63) is 70.8 Å². The summed E-state index contributed by atoms with van der Waals surface area (Å²) >= 11 is 0. The van der Waals surface area contributed by atoms with E-state index < -0.39 is 17.7 Å². The zero-order chi connectivity index (χ0) is 24.0. The molecule has 1 atom stereocenters. The molecular weight excluding hydrogens is 416 g/mol. The van der Waals surface area contributed by atoms with Crippen LogP contribution in [0.5, 0.6) is 5.75 Å². The molecule has 3 rings (SSSR count). The van der Waals surface area contributed by atoms with Crippen LogP contribution in [-0.4, -0.2) is 60.4 Å². The maximum absolute atomic E-state index is 13.1. The van der Waals surface area contributed by atoms with Crippen molar-refractivity contribution in [2.24, 2.45) is 0 Å². The summed E-state index contributed by atoms with van der Waals surface area (Å²) in [7, 11) is 3.95. The van der Waals surface area contributed by atoms with Crippen LogP contribution in [0.4, 0.5) is 0 Å². The highest BCUT2D eigenvalue weighted by atomic mass is 16.5. The number of unbranched alkanes of at least 4 members (excludes halogenated alkanes) is 1. The van der Waals surface area contributed by atoms with Crippen LogP contribution in [-0.2, 0) is 9.59 Å². The van der Waals surface area contributed by atoms with Crippen LogP contribution in [0.1, 0.15) is 48.9 Å². The number of carbonyl (C=O) groups excluding carboxylic acids is 2. The second-order valence-corrected chi connectivity index (χ2v) is 8.74. The van der Waals surface area contributed by atoms with Gasteiger partial charge in [0.05, 0.1) is 18.2 Å². The van der Waals surface area contributed by atoms with Gasteiger partial charge in [-0.25, -0.2) is 0 Å². The normalized spacial score (nSPS) is 17.7. The van der Waals surface area contributed by atoms with Crippen molar-refractivity contribution < 1.29 is 19.4 Å². The Hall–Kier alpha value is -3.12. The number of aryl methyl sites for hydroxylation is 1. The van der Waals surface area contributed by atoms with E-state index in [2.05, 4.69) is 6.92 Å². The topological polar surface area (TPSA) is 70.1 Å². The molecule has 2 aromatic rings. The number of amides is 1. The number of nitrogens with zero attached hydrogens (tertiary/aromatic N) is 2. The molecule has 0 bridgehead atoms. The van der Waals surface area contributed by atoms with Gasteiger partial charge in [0, 0.05) is 12.1 Å². The predicted octanol–water partition coefficient (Wildman–Crippen LogP) is 4.55. The molecule has 6 nitrogen and oxygen atoms in total. The third kappa shape index (κ3) is 5.63. The van der Waals surface area contributed by atoms with Crippen molar-refractivity contribution >= 4 is 17.4 Å². The monoisotopic (exact) mass is 450 g/mol. The average Bonchev–Trinajstić information content (AvgIpc) is 3.05. The highest BCUT2D eigenvalue weighted by molar-refractivity contribution is 6.46. The number of ketones is 1. The number of carbonyl (C=O) groups is 2. The van der Waals surface area contributed by atoms with Gasteiger partial charge in [-0.1, -0.05) is 43.7 Å². The van der Waals surface area contributed by atoms with E-state index in [-0.39, 0.29) is 11.3 Å². The molecule has 0 saturated carbocycles. The summed E-state index contributed by atoms with van der Waals surface area (Å²) in [5.74, 6) is -0.614. The van der Waals surface area contributed by atoms with E-state index in [1.54, 1.807) is 17.0 Å². The Morgan fingerprint density at radius 3 is 2.45 bits per heavy atom. The van der Waals surface area contributed by atoms with Crippen LogP contribution in [0, 0.1) is 6.92 Å². The Morgan fingerprint density at radius 1 is 1.09 bits per heavy atom. The summed E-state index contributed by atoms with van der Waals surface area (Å²) in [6.07, 6.45) is 2.74. The Morgan fingerprint density at radius 2 is 1.82 bits per heavy atom. The number of rotatable bonds is 10. The zero-order valence-electron chi connectivity index (χ0n) is 20.0. The smallest absolute Gasteiger partial charge is 0.295 e. The molecule has 1 amide bonds. The Bertz CT molecular complexity index is 1010. The fourth-order valence-electron chi connectivity index (χ4n) is 4.09. The summed E-state index contributed by atoms with van der Waals surface area (Å²) in [6.45, 7) is 5.88. The van der Waals surface area contributed by atoms with Crippen molar-refractivity contribution in [1.82, 2.24) is 9.80 Å². The van der Waals surface area contributed by atoms with Gasteiger partial charge in [0.15, 0.2) is 0 Å². The van der Waals surface area contributed by atoms with Gasteiger partial charge in [-0.3, -0.25) is 9.59 Å². The van der Waals surface area contributed by atoms with Gasteiger partial charge in [-0.05, 0) is 69.7 Å². The molecule has 0 radical (unpaired) electrons. The maximum atomic E-state index is 13.1. The third-order valence-corrected chi connectivity index (χ3v) is 5.86. The largest absolute Gasteiger partial charge is 0.507 e. The number of aliphatic hydroxyl groups is 1. The fraction of sp³-hybridized carbons (Fsp3) is 0.407. The first-order chi connectivity index (χ1) is 15.8. The quantitative estimate of drug-likeness (QED) is 0.249. The SMILES string of the molecule is CCCCOc1ccc(/C(O)=C2\C(=O)C(=O)N(CCCN(C)C)C2c2ccccc2)cc1C. The molecule has 6 heteroatoms. The highest BCUT2D eigenvalue weighted by Crippen LogP contribution is 2.39. The molecular formula is C27H34N2O4. The van der Waals surface area contributed by atoms with E-state index in [1.807, 2.05) is 62.3 Å². The van der Waals surface area contributed by atoms with E-state index in [4.69, 9.17) is 4.74 Å². The van der Waals surface area contributed by atoms with Gasteiger partial charge < -0.3 is 19.6 Å². The van der Waals surface area contributed by atoms with E-state index in [1.165, 1.54) is 0 Å². The Labute approximate surface area is 196 Å². The predicted molar refractivity (Wildman–Crippen MR) is 130 cm³/mol. The molecule has 1 unspecified atom stereocenters. The van der Waals surface area contributed by atoms with Crippen LogP contribution < -0.4 is 4.74 Å². The van der Waals surface area contributed by atoms with Crippen molar-refractivity contribution in [3.63, 3.8) is 0 Å². The molecule has 33 heavy (non-hydrogen) atoms. The molecule has 0 aromatic heterocycles. The first-order valence-electron chi connectivity index (χ1n) is 11.6. The van der Waals surface area contributed by atoms with Crippen molar-refractivity contribution in [1.29, 1.82) is 0 Å². The molecule has 2 aromatic carbocycles. The summed E-state index contributed by atoms with van der Waals surface area (Å²) in [5.41, 5.74) is 2.31. The van der Waals surface area contributed by atoms with Gasteiger partial charge in [-0.15, -0.1) is 0 Å². The minimum atomic E-state index is -0.646. The summed E-state index contributed by atoms with van der Waals surface area (Å²) < 4.78 is 5.82. The van der Waals surface area contributed by atoms with E-state index in [9.17, 15) is 14.7 Å². The lowest BCUT2D eigenvalue weighted by Gasteiger charge is -2.26. The minimum Gasteiger partial charge on any atom is -0.507 e. The Balaban J connectivity index is 1.99. The first kappa shape index (κ1) is 24.5. The molecule has 1 aliphatic rings. The third-order valence-electron chi connectivity index (χ3n) is 5.86. The van der Waals surface area contributed by atoms with Gasteiger partial charge in [0.25, 0.3) is 11.7 Å². The van der Waals surface area contributed by atoms with Crippen molar-refractivity contribution in [2.45, 2.75) is 39.2 Å². The van der Waals surface area contributed by atoms with Gasteiger partial charge in [-0.2, -0.15) is 0 Å². The molecule has 0 aliphatic carbocycles. The van der Waals surface area contributed by atoms with Gasteiger partial charge in [0.1, 0.15) is 11.5 Å². The summed E-state index contributed by atoms with van der Waals surface area (Å²) in [5, 5.41) is 11.2. The number of likely N-dealkylation sites (tertiary alicyclic amines) is 1. The van der Waals surface area contributed by atoms with E-state index in [0.717, 1.165) is 42.7 Å². The molecule has 1 heterocycles.